The lowest BCUT2D eigenvalue weighted by molar-refractivity contribution is -0.118. The van der Waals surface area contributed by atoms with Crippen LogP contribution in [0.15, 0.2) is 47.6 Å². The Morgan fingerprint density at radius 1 is 1.13 bits per heavy atom. The number of carbonyl (C=O) groups is 2. The minimum absolute atomic E-state index is 0.131. The molecule has 8 heteroatoms. The van der Waals surface area contributed by atoms with Crippen LogP contribution in [0.3, 0.4) is 0 Å². The van der Waals surface area contributed by atoms with Crippen molar-refractivity contribution >= 4 is 46.2 Å². The first-order valence-corrected chi connectivity index (χ1v) is 10.3. The van der Waals surface area contributed by atoms with Crippen LogP contribution < -0.4 is 15.2 Å². The van der Waals surface area contributed by atoms with Crippen molar-refractivity contribution in [2.75, 3.05) is 41.5 Å². The average molecular weight is 427 g/mol. The number of nitrogens with zero attached hydrogens (tertiary/aromatic N) is 3. The normalized spacial score (nSPS) is 17.0. The summed E-state index contributed by atoms with van der Waals surface area (Å²) < 4.78 is 5.42. The van der Waals surface area contributed by atoms with Crippen LogP contribution in [0.2, 0.25) is 5.02 Å². The molecule has 0 atom stereocenters. The molecule has 4 rings (SSSR count). The average Bonchev–Trinajstić information content (AvgIpc) is 2.75. The number of carbonyl (C=O) groups excluding carboxylic acids is 2. The van der Waals surface area contributed by atoms with Crippen molar-refractivity contribution < 1.29 is 14.3 Å². The molecule has 7 nitrogen and oxygen atoms in total. The predicted molar refractivity (Wildman–Crippen MR) is 118 cm³/mol. The summed E-state index contributed by atoms with van der Waals surface area (Å²) in [6, 6.07) is 12.9. The van der Waals surface area contributed by atoms with E-state index in [0.717, 1.165) is 11.3 Å². The number of nitrogens with one attached hydrogen (secondary N) is 1. The molecule has 0 spiro atoms. The highest BCUT2D eigenvalue weighted by molar-refractivity contribution is 6.44. The smallest absolute Gasteiger partial charge is 0.271 e. The van der Waals surface area contributed by atoms with Crippen LogP contribution >= 0.6 is 11.6 Å². The molecule has 1 fully saturated rings. The summed E-state index contributed by atoms with van der Waals surface area (Å²) in [4.78, 5) is 27.5. The van der Waals surface area contributed by atoms with E-state index in [1.165, 1.54) is 5.01 Å². The van der Waals surface area contributed by atoms with Gasteiger partial charge in [0, 0.05) is 25.9 Å². The van der Waals surface area contributed by atoms with Gasteiger partial charge in [-0.05, 0) is 36.8 Å². The number of amides is 2. The molecule has 30 heavy (non-hydrogen) atoms. The van der Waals surface area contributed by atoms with E-state index in [4.69, 9.17) is 16.3 Å². The number of ether oxygens (including phenoxy) is 1. The summed E-state index contributed by atoms with van der Waals surface area (Å²) in [5.41, 5.74) is 3.38. The summed E-state index contributed by atoms with van der Waals surface area (Å²) in [6.45, 7) is 4.56. The SMILES string of the molecule is Cc1cccc(N2N=C(C(=O)Nc3cccc(Cl)c3N3CCOCC3)CCC2=O)c1. The second-order valence-electron chi connectivity index (χ2n) is 7.28. The number of hydrogen-bond acceptors (Lipinski definition) is 5. The Kier molecular flexibility index (Phi) is 6.01. The molecular weight excluding hydrogens is 404 g/mol. The van der Waals surface area contributed by atoms with Crippen molar-refractivity contribution in [2.45, 2.75) is 19.8 Å². The Hall–Kier alpha value is -2.90. The fourth-order valence-electron chi connectivity index (χ4n) is 3.60. The molecule has 0 unspecified atom stereocenters. The topological polar surface area (TPSA) is 74.2 Å². The van der Waals surface area contributed by atoms with Gasteiger partial charge in [0.15, 0.2) is 0 Å². The van der Waals surface area contributed by atoms with Crippen molar-refractivity contribution in [2.24, 2.45) is 5.10 Å². The third-order valence-electron chi connectivity index (χ3n) is 5.10. The highest BCUT2D eigenvalue weighted by Crippen LogP contribution is 2.34. The van der Waals surface area contributed by atoms with Crippen LogP contribution in [-0.4, -0.2) is 43.8 Å². The summed E-state index contributed by atoms with van der Waals surface area (Å²) in [6.07, 6.45) is 0.520. The zero-order valence-electron chi connectivity index (χ0n) is 16.7. The van der Waals surface area contributed by atoms with E-state index >= 15 is 0 Å². The number of benzene rings is 2. The molecule has 2 aromatic carbocycles. The van der Waals surface area contributed by atoms with E-state index in [1.807, 2.05) is 37.3 Å². The number of hydrogen-bond donors (Lipinski definition) is 1. The molecule has 0 radical (unpaired) electrons. The Morgan fingerprint density at radius 3 is 2.67 bits per heavy atom. The Labute approximate surface area is 180 Å². The van der Waals surface area contributed by atoms with E-state index < -0.39 is 0 Å². The standard InChI is InChI=1S/C22H23ClN4O3/c1-15-4-2-5-16(14-15)27-20(28)9-8-19(25-27)22(29)24-18-7-3-6-17(23)21(18)26-10-12-30-13-11-26/h2-7,14H,8-13H2,1H3,(H,24,29). The van der Waals surface area contributed by atoms with Gasteiger partial charge >= 0.3 is 0 Å². The molecule has 2 aliphatic heterocycles. The number of morpholine rings is 1. The molecule has 2 heterocycles. The van der Waals surface area contributed by atoms with E-state index in [0.29, 0.717) is 54.8 Å². The molecule has 2 amide bonds. The summed E-state index contributed by atoms with van der Waals surface area (Å²) in [5.74, 6) is -0.467. The van der Waals surface area contributed by atoms with E-state index in [1.54, 1.807) is 12.1 Å². The van der Waals surface area contributed by atoms with Gasteiger partial charge in [0.05, 0.1) is 35.3 Å². The molecule has 0 saturated carbocycles. The van der Waals surface area contributed by atoms with Gasteiger partial charge in [-0.1, -0.05) is 29.8 Å². The Morgan fingerprint density at radius 2 is 1.90 bits per heavy atom. The monoisotopic (exact) mass is 426 g/mol. The second kappa shape index (κ2) is 8.85. The first-order chi connectivity index (χ1) is 14.5. The van der Waals surface area contributed by atoms with Crippen molar-refractivity contribution in [1.29, 1.82) is 0 Å². The van der Waals surface area contributed by atoms with Crippen LogP contribution in [0.1, 0.15) is 18.4 Å². The van der Waals surface area contributed by atoms with Gasteiger partial charge in [-0.3, -0.25) is 9.59 Å². The number of para-hydroxylation sites is 1. The maximum atomic E-state index is 13.0. The number of aryl methyl sites for hydroxylation is 1. The molecule has 0 bridgehead atoms. The van der Waals surface area contributed by atoms with Gasteiger partial charge in [-0.15, -0.1) is 0 Å². The fraction of sp³-hybridized carbons (Fsp3) is 0.318. The maximum absolute atomic E-state index is 13.0. The van der Waals surface area contributed by atoms with Gasteiger partial charge in [-0.2, -0.15) is 5.10 Å². The van der Waals surface area contributed by atoms with Crippen LogP contribution in [-0.2, 0) is 14.3 Å². The Balaban J connectivity index is 1.59. The quantitative estimate of drug-likeness (QED) is 0.810. The van der Waals surface area contributed by atoms with Gasteiger partial charge < -0.3 is 15.0 Å². The first-order valence-electron chi connectivity index (χ1n) is 9.92. The third-order valence-corrected chi connectivity index (χ3v) is 5.41. The zero-order chi connectivity index (χ0) is 21.1. The van der Waals surface area contributed by atoms with Crippen LogP contribution in [0, 0.1) is 6.92 Å². The van der Waals surface area contributed by atoms with Crippen molar-refractivity contribution in [3.05, 3.63) is 53.1 Å². The van der Waals surface area contributed by atoms with Crippen LogP contribution in [0.5, 0.6) is 0 Å². The van der Waals surface area contributed by atoms with Gasteiger partial charge in [0.2, 0.25) is 5.91 Å². The number of rotatable bonds is 4. The van der Waals surface area contributed by atoms with E-state index in [-0.39, 0.29) is 18.2 Å². The number of halogens is 1. The van der Waals surface area contributed by atoms with E-state index in [2.05, 4.69) is 15.3 Å². The summed E-state index contributed by atoms with van der Waals surface area (Å²) in [7, 11) is 0. The van der Waals surface area contributed by atoms with Gasteiger partial charge in [0.25, 0.3) is 5.91 Å². The molecule has 0 aromatic heterocycles. The molecule has 156 valence electrons. The molecule has 2 aromatic rings. The second-order valence-corrected chi connectivity index (χ2v) is 7.69. The number of hydrazone groups is 1. The molecule has 2 aliphatic rings. The Bertz CT molecular complexity index is 1000. The molecule has 0 aliphatic carbocycles. The van der Waals surface area contributed by atoms with Gasteiger partial charge in [0.1, 0.15) is 5.71 Å². The third kappa shape index (κ3) is 4.32. The lowest BCUT2D eigenvalue weighted by Crippen LogP contribution is -2.38. The van der Waals surface area contributed by atoms with E-state index in [9.17, 15) is 9.59 Å². The predicted octanol–water partition coefficient (Wildman–Crippen LogP) is 3.61. The summed E-state index contributed by atoms with van der Waals surface area (Å²) in [5, 5.41) is 9.18. The van der Waals surface area contributed by atoms with Crippen molar-refractivity contribution in [3.63, 3.8) is 0 Å². The lowest BCUT2D eigenvalue weighted by Gasteiger charge is -2.31. The largest absolute Gasteiger partial charge is 0.378 e. The molecule has 1 N–H and O–H groups in total. The van der Waals surface area contributed by atoms with Crippen molar-refractivity contribution in [3.8, 4) is 0 Å². The zero-order valence-corrected chi connectivity index (χ0v) is 17.5. The summed E-state index contributed by atoms with van der Waals surface area (Å²) >= 11 is 6.45. The minimum atomic E-state index is -0.336. The molecule has 1 saturated heterocycles. The maximum Gasteiger partial charge on any atom is 0.271 e. The number of anilines is 3. The lowest BCUT2D eigenvalue weighted by atomic mass is 10.1. The first kappa shape index (κ1) is 20.4. The van der Waals surface area contributed by atoms with Gasteiger partial charge in [-0.25, -0.2) is 5.01 Å². The fourth-order valence-corrected chi connectivity index (χ4v) is 3.89. The van der Waals surface area contributed by atoms with Crippen LogP contribution in [0.25, 0.3) is 0 Å². The van der Waals surface area contributed by atoms with Crippen molar-refractivity contribution in [1.82, 2.24) is 0 Å². The highest BCUT2D eigenvalue weighted by Gasteiger charge is 2.27. The van der Waals surface area contributed by atoms with Crippen LogP contribution in [0.4, 0.5) is 17.1 Å². The highest BCUT2D eigenvalue weighted by atomic mass is 35.5. The minimum Gasteiger partial charge on any atom is -0.378 e. The molecular formula is C22H23ClN4O3.